The summed E-state index contributed by atoms with van der Waals surface area (Å²) in [5, 5.41) is 2.72. The standard InChI is InChI=1S/C21H23N3O5S/c1-13(15-5-8-20-18(11-15)22-21(26)12-29-20)23-30(27,28)17-6-7-19-16(10-17)4-3-9-24(19)14(2)25/h5-8,10-11,13,23H,3-4,9,12H2,1-2H3,(H,22,26). The SMILES string of the molecule is CC(=O)N1CCCc2cc(S(=O)(=O)NC(C)c3ccc4c(c3)NC(=O)CO4)ccc21. The quantitative estimate of drug-likeness (QED) is 0.776. The van der Waals surface area contributed by atoms with Crippen LogP contribution in [-0.4, -0.2) is 33.4 Å². The van der Waals surface area contributed by atoms with Gasteiger partial charge in [-0.25, -0.2) is 13.1 Å². The minimum absolute atomic E-state index is 0.0338. The van der Waals surface area contributed by atoms with Crippen LogP contribution in [0.3, 0.4) is 0 Å². The molecule has 30 heavy (non-hydrogen) atoms. The van der Waals surface area contributed by atoms with Crippen molar-refractivity contribution >= 4 is 33.2 Å². The minimum atomic E-state index is -3.78. The van der Waals surface area contributed by atoms with Gasteiger partial charge in [0.15, 0.2) is 6.61 Å². The molecule has 2 aromatic carbocycles. The molecule has 8 nitrogen and oxygen atoms in total. The fourth-order valence-electron chi connectivity index (χ4n) is 3.81. The van der Waals surface area contributed by atoms with Gasteiger partial charge in [-0.15, -0.1) is 0 Å². The van der Waals surface area contributed by atoms with Crippen LogP contribution >= 0.6 is 0 Å². The summed E-state index contributed by atoms with van der Waals surface area (Å²) < 4.78 is 34.0. The van der Waals surface area contributed by atoms with Crippen LogP contribution in [0.1, 0.15) is 37.4 Å². The number of aryl methyl sites for hydroxylation is 1. The van der Waals surface area contributed by atoms with E-state index >= 15 is 0 Å². The van der Waals surface area contributed by atoms with Crippen molar-refractivity contribution in [2.75, 3.05) is 23.4 Å². The molecule has 0 aromatic heterocycles. The molecule has 2 heterocycles. The second-order valence-electron chi connectivity index (χ2n) is 7.50. The maximum Gasteiger partial charge on any atom is 0.262 e. The van der Waals surface area contributed by atoms with E-state index in [1.54, 1.807) is 42.2 Å². The molecule has 0 bridgehead atoms. The van der Waals surface area contributed by atoms with E-state index in [0.29, 0.717) is 23.5 Å². The van der Waals surface area contributed by atoms with E-state index in [-0.39, 0.29) is 23.3 Å². The number of nitrogens with zero attached hydrogens (tertiary/aromatic N) is 1. The van der Waals surface area contributed by atoms with Gasteiger partial charge in [-0.05, 0) is 61.2 Å². The Labute approximate surface area is 175 Å². The molecule has 0 radical (unpaired) electrons. The van der Waals surface area contributed by atoms with Gasteiger partial charge in [0.1, 0.15) is 5.75 Å². The molecule has 2 N–H and O–H groups in total. The van der Waals surface area contributed by atoms with Crippen LogP contribution in [0.4, 0.5) is 11.4 Å². The molecule has 0 spiro atoms. The first kappa shape index (κ1) is 20.4. The number of carbonyl (C=O) groups is 2. The number of anilines is 2. The van der Waals surface area contributed by atoms with Crippen molar-refractivity contribution in [2.24, 2.45) is 0 Å². The van der Waals surface area contributed by atoms with Gasteiger partial charge in [0.25, 0.3) is 5.91 Å². The highest BCUT2D eigenvalue weighted by Crippen LogP contribution is 2.32. The highest BCUT2D eigenvalue weighted by molar-refractivity contribution is 7.89. The molecule has 2 aliphatic heterocycles. The Morgan fingerprint density at radius 3 is 2.80 bits per heavy atom. The van der Waals surface area contributed by atoms with Gasteiger partial charge < -0.3 is 15.0 Å². The summed E-state index contributed by atoms with van der Waals surface area (Å²) in [5.74, 6) is 0.251. The van der Waals surface area contributed by atoms with Crippen molar-refractivity contribution in [2.45, 2.75) is 37.6 Å². The van der Waals surface area contributed by atoms with Crippen LogP contribution in [0.15, 0.2) is 41.3 Å². The van der Waals surface area contributed by atoms with Crippen LogP contribution in [0.5, 0.6) is 5.75 Å². The number of fused-ring (bicyclic) bond motifs is 2. The second-order valence-corrected chi connectivity index (χ2v) is 9.21. The molecule has 0 fully saturated rings. The number of hydrogen-bond donors (Lipinski definition) is 2. The van der Waals surface area contributed by atoms with Crippen LogP contribution in [-0.2, 0) is 26.0 Å². The van der Waals surface area contributed by atoms with Gasteiger partial charge in [-0.3, -0.25) is 9.59 Å². The minimum Gasteiger partial charge on any atom is -0.482 e. The molecular weight excluding hydrogens is 406 g/mol. The lowest BCUT2D eigenvalue weighted by Crippen LogP contribution is -2.34. The Morgan fingerprint density at radius 2 is 2.03 bits per heavy atom. The van der Waals surface area contributed by atoms with E-state index in [9.17, 15) is 18.0 Å². The summed E-state index contributed by atoms with van der Waals surface area (Å²) in [6.45, 7) is 3.85. The van der Waals surface area contributed by atoms with E-state index < -0.39 is 16.1 Å². The van der Waals surface area contributed by atoms with Crippen molar-refractivity contribution in [3.63, 3.8) is 0 Å². The molecular formula is C21H23N3O5S. The van der Waals surface area contributed by atoms with E-state index in [4.69, 9.17) is 4.74 Å². The fourth-order valence-corrected chi connectivity index (χ4v) is 5.09. The molecule has 0 aliphatic carbocycles. The maximum atomic E-state index is 13.0. The molecule has 158 valence electrons. The zero-order chi connectivity index (χ0) is 21.5. The van der Waals surface area contributed by atoms with Crippen LogP contribution in [0.25, 0.3) is 0 Å². The van der Waals surface area contributed by atoms with Gasteiger partial charge in [0.2, 0.25) is 15.9 Å². The topological polar surface area (TPSA) is 105 Å². The number of amides is 2. The number of hydrogen-bond acceptors (Lipinski definition) is 5. The molecule has 2 aromatic rings. The van der Waals surface area contributed by atoms with Crippen molar-refractivity contribution < 1.29 is 22.7 Å². The zero-order valence-electron chi connectivity index (χ0n) is 16.8. The number of nitrogens with one attached hydrogen (secondary N) is 2. The Morgan fingerprint density at radius 1 is 1.23 bits per heavy atom. The van der Waals surface area contributed by atoms with Crippen LogP contribution < -0.4 is 19.7 Å². The molecule has 0 saturated carbocycles. The normalized spacial score (nSPS) is 16.7. The van der Waals surface area contributed by atoms with E-state index in [2.05, 4.69) is 10.0 Å². The fraction of sp³-hybridized carbons (Fsp3) is 0.333. The third kappa shape index (κ3) is 3.90. The summed E-state index contributed by atoms with van der Waals surface area (Å²) in [6, 6.07) is 9.52. The number of carbonyl (C=O) groups excluding carboxylic acids is 2. The van der Waals surface area contributed by atoms with E-state index in [1.165, 1.54) is 13.0 Å². The monoisotopic (exact) mass is 429 g/mol. The van der Waals surface area contributed by atoms with E-state index in [1.807, 2.05) is 0 Å². The highest BCUT2D eigenvalue weighted by Gasteiger charge is 2.25. The third-order valence-electron chi connectivity index (χ3n) is 5.33. The average Bonchev–Trinajstić information content (AvgIpc) is 2.71. The summed E-state index contributed by atoms with van der Waals surface area (Å²) in [5.41, 5.74) is 2.84. The number of rotatable bonds is 4. The molecule has 9 heteroatoms. The lowest BCUT2D eigenvalue weighted by atomic mass is 10.0. The summed E-state index contributed by atoms with van der Waals surface area (Å²) in [4.78, 5) is 25.2. The first-order valence-corrected chi connectivity index (χ1v) is 11.2. The van der Waals surface area contributed by atoms with Crippen molar-refractivity contribution in [3.8, 4) is 5.75 Å². The van der Waals surface area contributed by atoms with Gasteiger partial charge in [0.05, 0.1) is 10.6 Å². The molecule has 2 amide bonds. The zero-order valence-corrected chi connectivity index (χ0v) is 17.6. The van der Waals surface area contributed by atoms with E-state index in [0.717, 1.165) is 24.1 Å². The Kier molecular flexibility index (Phi) is 5.25. The van der Waals surface area contributed by atoms with Crippen molar-refractivity contribution in [1.29, 1.82) is 0 Å². The first-order valence-electron chi connectivity index (χ1n) is 9.74. The molecule has 4 rings (SSSR count). The van der Waals surface area contributed by atoms with Gasteiger partial charge >= 0.3 is 0 Å². The Hall–Kier alpha value is -2.91. The Balaban J connectivity index is 1.57. The first-order chi connectivity index (χ1) is 14.2. The third-order valence-corrected chi connectivity index (χ3v) is 6.87. The van der Waals surface area contributed by atoms with Gasteiger partial charge in [-0.2, -0.15) is 0 Å². The highest BCUT2D eigenvalue weighted by atomic mass is 32.2. The summed E-state index contributed by atoms with van der Waals surface area (Å²) in [6.07, 6.45) is 1.52. The lowest BCUT2D eigenvalue weighted by molar-refractivity contribution is -0.118. The smallest absolute Gasteiger partial charge is 0.262 e. The average molecular weight is 429 g/mol. The van der Waals surface area contributed by atoms with Gasteiger partial charge in [0, 0.05) is 25.2 Å². The lowest BCUT2D eigenvalue weighted by Gasteiger charge is -2.29. The van der Waals surface area contributed by atoms with Crippen LogP contribution in [0.2, 0.25) is 0 Å². The summed E-state index contributed by atoms with van der Waals surface area (Å²) in [7, 11) is -3.78. The molecule has 0 saturated heterocycles. The number of benzene rings is 2. The van der Waals surface area contributed by atoms with Crippen LogP contribution in [0, 0.1) is 0 Å². The number of ether oxygens (including phenoxy) is 1. The van der Waals surface area contributed by atoms with Crippen molar-refractivity contribution in [3.05, 3.63) is 47.5 Å². The maximum absolute atomic E-state index is 13.0. The second kappa shape index (κ2) is 7.73. The molecule has 1 atom stereocenters. The Bertz CT molecular complexity index is 1130. The van der Waals surface area contributed by atoms with Crippen molar-refractivity contribution in [1.82, 2.24) is 4.72 Å². The predicted octanol–water partition coefficient (Wildman–Crippen LogP) is 2.36. The largest absolute Gasteiger partial charge is 0.482 e. The molecule has 2 aliphatic rings. The summed E-state index contributed by atoms with van der Waals surface area (Å²) >= 11 is 0. The number of sulfonamides is 1. The molecule has 1 unspecified atom stereocenters. The van der Waals surface area contributed by atoms with Gasteiger partial charge in [-0.1, -0.05) is 6.07 Å². The predicted molar refractivity (Wildman–Crippen MR) is 112 cm³/mol.